The summed E-state index contributed by atoms with van der Waals surface area (Å²) in [6, 6.07) is 5.50. The summed E-state index contributed by atoms with van der Waals surface area (Å²) in [6.45, 7) is 0. The number of aromatic amines is 1. The van der Waals surface area contributed by atoms with E-state index in [2.05, 4.69) is 4.98 Å². The third-order valence-electron chi connectivity index (χ3n) is 2.32. The maximum Gasteiger partial charge on any atom is 0.307 e. The molecule has 1 aromatic heterocycles. The summed E-state index contributed by atoms with van der Waals surface area (Å²) in [4.78, 5) is 13.6. The number of carbonyl (C=O) groups is 1. The molecule has 1 heterocycles. The molecule has 2 rings (SSSR count). The molecule has 0 aliphatic carbocycles. The monoisotopic (exact) mass is 222 g/mol. The van der Waals surface area contributed by atoms with E-state index in [4.69, 9.17) is 17.3 Å². The standard InChI is InChI=1S/C10H10N2O2S/c1-12-8-3-2-6(5-9(13)14)4-7(8)11-10(12)15/h2-4H,5H2,1H3,(H,11,15)(H,13,14). The van der Waals surface area contributed by atoms with Crippen LogP contribution in [0.15, 0.2) is 18.2 Å². The highest BCUT2D eigenvalue weighted by Crippen LogP contribution is 2.15. The number of aliphatic carboxylic acids is 1. The summed E-state index contributed by atoms with van der Waals surface area (Å²) in [5, 5.41) is 8.66. The Morgan fingerprint density at radius 2 is 2.33 bits per heavy atom. The number of nitrogens with one attached hydrogen (secondary N) is 1. The number of aryl methyl sites for hydroxylation is 1. The van der Waals surface area contributed by atoms with E-state index >= 15 is 0 Å². The maximum atomic E-state index is 10.5. The summed E-state index contributed by atoms with van der Waals surface area (Å²) in [5.74, 6) is -0.830. The van der Waals surface area contributed by atoms with Gasteiger partial charge in [-0.3, -0.25) is 4.79 Å². The minimum Gasteiger partial charge on any atom is -0.481 e. The topological polar surface area (TPSA) is 58.0 Å². The van der Waals surface area contributed by atoms with E-state index in [0.29, 0.717) is 4.77 Å². The number of nitrogens with zero attached hydrogens (tertiary/aromatic N) is 1. The van der Waals surface area contributed by atoms with E-state index in [-0.39, 0.29) is 6.42 Å². The van der Waals surface area contributed by atoms with Crippen LogP contribution in [0, 0.1) is 4.77 Å². The molecule has 0 saturated heterocycles. The third-order valence-corrected chi connectivity index (χ3v) is 2.70. The lowest BCUT2D eigenvalue weighted by molar-refractivity contribution is -0.136. The van der Waals surface area contributed by atoms with Crippen molar-refractivity contribution in [3.05, 3.63) is 28.5 Å². The lowest BCUT2D eigenvalue weighted by Gasteiger charge is -1.98. The van der Waals surface area contributed by atoms with Crippen LogP contribution in [-0.4, -0.2) is 20.6 Å². The average molecular weight is 222 g/mol. The van der Waals surface area contributed by atoms with E-state index in [9.17, 15) is 4.79 Å². The van der Waals surface area contributed by atoms with Crippen molar-refractivity contribution >= 4 is 29.2 Å². The Balaban J connectivity index is 2.57. The van der Waals surface area contributed by atoms with Gasteiger partial charge in [-0.2, -0.15) is 0 Å². The Labute approximate surface area is 91.2 Å². The van der Waals surface area contributed by atoms with Gasteiger partial charge in [-0.25, -0.2) is 0 Å². The summed E-state index contributed by atoms with van der Waals surface area (Å²) in [5.41, 5.74) is 2.63. The van der Waals surface area contributed by atoms with Gasteiger partial charge in [-0.05, 0) is 29.9 Å². The van der Waals surface area contributed by atoms with Crippen LogP contribution in [-0.2, 0) is 18.3 Å². The van der Waals surface area contributed by atoms with Crippen LogP contribution >= 0.6 is 12.2 Å². The van der Waals surface area contributed by atoms with Crippen LogP contribution in [0.4, 0.5) is 0 Å². The fourth-order valence-corrected chi connectivity index (χ4v) is 1.78. The Bertz CT molecular complexity index is 583. The Hall–Kier alpha value is -1.62. The van der Waals surface area contributed by atoms with Crippen molar-refractivity contribution in [3.8, 4) is 0 Å². The molecule has 5 heteroatoms. The molecule has 0 unspecified atom stereocenters. The van der Waals surface area contributed by atoms with Crippen molar-refractivity contribution in [2.75, 3.05) is 0 Å². The van der Waals surface area contributed by atoms with Gasteiger partial charge in [0.05, 0.1) is 17.5 Å². The number of benzene rings is 1. The van der Waals surface area contributed by atoms with Gasteiger partial charge in [0.15, 0.2) is 4.77 Å². The first-order chi connectivity index (χ1) is 7.08. The molecule has 2 aromatic rings. The summed E-state index contributed by atoms with van der Waals surface area (Å²) < 4.78 is 2.49. The minimum absolute atomic E-state index is 0.0332. The number of carboxylic acid groups (broad SMARTS) is 1. The molecule has 0 radical (unpaired) electrons. The zero-order valence-corrected chi connectivity index (χ0v) is 8.97. The number of hydrogen-bond donors (Lipinski definition) is 2. The number of fused-ring (bicyclic) bond motifs is 1. The first-order valence-electron chi connectivity index (χ1n) is 4.47. The van der Waals surface area contributed by atoms with Crippen molar-refractivity contribution in [2.24, 2.45) is 7.05 Å². The van der Waals surface area contributed by atoms with Crippen LogP contribution in [0.5, 0.6) is 0 Å². The number of rotatable bonds is 2. The van der Waals surface area contributed by atoms with Crippen molar-refractivity contribution in [2.45, 2.75) is 6.42 Å². The molecule has 0 aliphatic heterocycles. The quantitative estimate of drug-likeness (QED) is 0.762. The van der Waals surface area contributed by atoms with E-state index in [1.54, 1.807) is 6.07 Å². The SMILES string of the molecule is Cn1c(=S)[nH]c2cc(CC(=O)O)ccc21. The minimum atomic E-state index is -0.830. The summed E-state index contributed by atoms with van der Waals surface area (Å²) >= 11 is 5.08. The van der Waals surface area contributed by atoms with Gasteiger partial charge in [0.25, 0.3) is 0 Å². The molecular weight excluding hydrogens is 212 g/mol. The lowest BCUT2D eigenvalue weighted by Crippen LogP contribution is -1.99. The zero-order chi connectivity index (χ0) is 11.0. The van der Waals surface area contributed by atoms with Crippen LogP contribution in [0.25, 0.3) is 11.0 Å². The molecule has 0 spiro atoms. The van der Waals surface area contributed by atoms with Gasteiger partial charge in [0.1, 0.15) is 0 Å². The van der Waals surface area contributed by atoms with Crippen molar-refractivity contribution < 1.29 is 9.90 Å². The first-order valence-corrected chi connectivity index (χ1v) is 4.88. The first kappa shape index (κ1) is 9.92. The molecule has 15 heavy (non-hydrogen) atoms. The van der Waals surface area contributed by atoms with E-state index in [1.165, 1.54) is 0 Å². The number of carboxylic acids is 1. The normalized spacial score (nSPS) is 10.7. The number of aromatic nitrogens is 2. The predicted octanol–water partition coefficient (Wildman–Crippen LogP) is 1.86. The molecule has 78 valence electrons. The highest BCUT2D eigenvalue weighted by atomic mass is 32.1. The van der Waals surface area contributed by atoms with E-state index in [1.807, 2.05) is 23.7 Å². The maximum absolute atomic E-state index is 10.5. The molecule has 0 aliphatic rings. The van der Waals surface area contributed by atoms with Gasteiger partial charge in [0.2, 0.25) is 0 Å². The highest BCUT2D eigenvalue weighted by Gasteiger charge is 2.04. The summed E-state index contributed by atoms with van der Waals surface area (Å²) in [6.07, 6.45) is 0.0332. The van der Waals surface area contributed by atoms with Gasteiger partial charge < -0.3 is 14.7 Å². The molecule has 0 amide bonds. The number of hydrogen-bond acceptors (Lipinski definition) is 2. The summed E-state index contributed by atoms with van der Waals surface area (Å²) in [7, 11) is 1.87. The van der Waals surface area contributed by atoms with Crippen LogP contribution in [0.1, 0.15) is 5.56 Å². The van der Waals surface area contributed by atoms with E-state index < -0.39 is 5.97 Å². The van der Waals surface area contributed by atoms with Crippen molar-refractivity contribution in [3.63, 3.8) is 0 Å². The highest BCUT2D eigenvalue weighted by molar-refractivity contribution is 7.71. The average Bonchev–Trinajstić information content (AvgIpc) is 2.41. The Kier molecular flexibility index (Phi) is 2.32. The molecule has 1 aromatic carbocycles. The van der Waals surface area contributed by atoms with Crippen LogP contribution in [0.2, 0.25) is 0 Å². The second kappa shape index (κ2) is 3.51. The second-order valence-corrected chi connectivity index (χ2v) is 3.80. The number of H-pyrrole nitrogens is 1. The van der Waals surface area contributed by atoms with Crippen LogP contribution in [0.3, 0.4) is 0 Å². The smallest absolute Gasteiger partial charge is 0.307 e. The largest absolute Gasteiger partial charge is 0.481 e. The van der Waals surface area contributed by atoms with Crippen LogP contribution < -0.4 is 0 Å². The Morgan fingerprint density at radius 3 is 3.00 bits per heavy atom. The Morgan fingerprint density at radius 1 is 1.60 bits per heavy atom. The molecule has 0 bridgehead atoms. The van der Waals surface area contributed by atoms with Crippen molar-refractivity contribution in [1.82, 2.24) is 9.55 Å². The van der Waals surface area contributed by atoms with Gasteiger partial charge in [-0.15, -0.1) is 0 Å². The zero-order valence-electron chi connectivity index (χ0n) is 8.15. The molecule has 0 saturated carbocycles. The molecular formula is C10H10N2O2S. The second-order valence-electron chi connectivity index (χ2n) is 3.41. The molecule has 4 nitrogen and oxygen atoms in total. The van der Waals surface area contributed by atoms with Gasteiger partial charge in [0, 0.05) is 7.05 Å². The van der Waals surface area contributed by atoms with Gasteiger partial charge >= 0.3 is 5.97 Å². The predicted molar refractivity (Wildman–Crippen MR) is 59.4 cm³/mol. The van der Waals surface area contributed by atoms with Crippen molar-refractivity contribution in [1.29, 1.82) is 0 Å². The third kappa shape index (κ3) is 1.78. The number of imidazole rings is 1. The molecule has 2 N–H and O–H groups in total. The fraction of sp³-hybridized carbons (Fsp3) is 0.200. The lowest BCUT2D eigenvalue weighted by atomic mass is 10.1. The molecule has 0 atom stereocenters. The molecule has 0 fully saturated rings. The fourth-order valence-electron chi connectivity index (χ4n) is 1.57. The van der Waals surface area contributed by atoms with Gasteiger partial charge in [-0.1, -0.05) is 6.07 Å². The van der Waals surface area contributed by atoms with E-state index in [0.717, 1.165) is 16.6 Å².